The summed E-state index contributed by atoms with van der Waals surface area (Å²) in [5, 5.41) is 2.41. The molecule has 0 bridgehead atoms. The van der Waals surface area contributed by atoms with Crippen LogP contribution in [0.3, 0.4) is 0 Å². The van der Waals surface area contributed by atoms with E-state index in [9.17, 15) is 9.59 Å². The van der Waals surface area contributed by atoms with Gasteiger partial charge in [-0.2, -0.15) is 0 Å². The SMILES string of the molecule is Cn1c(=O)c2c(-c3ccccc3)n(-c3cccc4cccc(N)c34)cc2n(C)c1=O. The molecule has 0 saturated heterocycles. The maximum Gasteiger partial charge on any atom is 0.330 e. The molecule has 0 spiro atoms. The molecular formula is C24H20N4O2. The van der Waals surface area contributed by atoms with Crippen LogP contribution < -0.4 is 17.0 Å². The second-order valence-electron chi connectivity index (χ2n) is 7.40. The highest BCUT2D eigenvalue weighted by molar-refractivity contribution is 6.02. The molecule has 2 N–H and O–H groups in total. The molecule has 0 atom stereocenters. The molecule has 5 rings (SSSR count). The second-order valence-corrected chi connectivity index (χ2v) is 7.40. The quantitative estimate of drug-likeness (QED) is 0.465. The molecule has 0 radical (unpaired) electrons. The van der Waals surface area contributed by atoms with E-state index in [1.807, 2.05) is 77.5 Å². The molecule has 5 aromatic rings. The third-order valence-electron chi connectivity index (χ3n) is 5.66. The summed E-state index contributed by atoms with van der Waals surface area (Å²) in [5.41, 5.74) is 9.38. The van der Waals surface area contributed by atoms with Crippen LogP contribution in [0.25, 0.3) is 38.6 Å². The summed E-state index contributed by atoms with van der Waals surface area (Å²) < 4.78 is 4.63. The van der Waals surface area contributed by atoms with Gasteiger partial charge < -0.3 is 10.3 Å². The zero-order valence-corrected chi connectivity index (χ0v) is 16.7. The van der Waals surface area contributed by atoms with Crippen LogP contribution in [-0.2, 0) is 14.1 Å². The molecule has 0 aliphatic carbocycles. The van der Waals surface area contributed by atoms with E-state index in [4.69, 9.17) is 5.73 Å². The first-order valence-electron chi connectivity index (χ1n) is 9.63. The lowest BCUT2D eigenvalue weighted by atomic mass is 10.1. The summed E-state index contributed by atoms with van der Waals surface area (Å²) in [6.07, 6.45) is 1.85. The van der Waals surface area contributed by atoms with Crippen LogP contribution in [0.15, 0.2) is 82.5 Å². The number of aromatic nitrogens is 3. The fourth-order valence-electron chi connectivity index (χ4n) is 4.16. The first-order chi connectivity index (χ1) is 14.5. The third kappa shape index (κ3) is 2.43. The lowest BCUT2D eigenvalue weighted by Gasteiger charge is -2.14. The van der Waals surface area contributed by atoms with Gasteiger partial charge >= 0.3 is 5.69 Å². The van der Waals surface area contributed by atoms with Gasteiger partial charge in [-0.05, 0) is 23.1 Å². The van der Waals surface area contributed by atoms with Crippen LogP contribution in [0.5, 0.6) is 0 Å². The molecule has 0 saturated carbocycles. The topological polar surface area (TPSA) is 75.0 Å². The molecule has 3 aromatic carbocycles. The predicted octanol–water partition coefficient (Wildman–Crippen LogP) is 3.43. The summed E-state index contributed by atoms with van der Waals surface area (Å²) >= 11 is 0. The minimum absolute atomic E-state index is 0.320. The summed E-state index contributed by atoms with van der Waals surface area (Å²) in [7, 11) is 3.19. The normalized spacial score (nSPS) is 11.4. The van der Waals surface area contributed by atoms with Gasteiger partial charge in [-0.25, -0.2) is 4.79 Å². The minimum Gasteiger partial charge on any atom is -0.398 e. The van der Waals surface area contributed by atoms with Crippen molar-refractivity contribution in [2.24, 2.45) is 14.1 Å². The zero-order chi connectivity index (χ0) is 21.0. The Bertz CT molecular complexity index is 1550. The van der Waals surface area contributed by atoms with Crippen molar-refractivity contribution >= 4 is 27.4 Å². The highest BCUT2D eigenvalue weighted by Crippen LogP contribution is 2.35. The number of benzene rings is 3. The number of rotatable bonds is 2. The van der Waals surface area contributed by atoms with E-state index in [1.54, 1.807) is 7.05 Å². The molecule has 6 heteroatoms. The number of nitrogens with two attached hydrogens (primary N) is 1. The molecule has 2 heterocycles. The molecular weight excluding hydrogens is 376 g/mol. The maximum absolute atomic E-state index is 13.2. The Morgan fingerprint density at radius 3 is 2.20 bits per heavy atom. The van der Waals surface area contributed by atoms with E-state index < -0.39 is 0 Å². The summed E-state index contributed by atoms with van der Waals surface area (Å²) in [4.78, 5) is 25.7. The first kappa shape index (κ1) is 18.0. The van der Waals surface area contributed by atoms with Gasteiger partial charge in [-0.3, -0.25) is 13.9 Å². The van der Waals surface area contributed by atoms with Crippen molar-refractivity contribution in [1.29, 1.82) is 0 Å². The number of hydrogen-bond acceptors (Lipinski definition) is 3. The number of hydrogen-bond donors (Lipinski definition) is 1. The fraction of sp³-hybridized carbons (Fsp3) is 0.0833. The Kier molecular flexibility index (Phi) is 3.89. The van der Waals surface area contributed by atoms with Crippen LogP contribution in [0.1, 0.15) is 0 Å². The molecule has 30 heavy (non-hydrogen) atoms. The lowest BCUT2D eigenvalue weighted by molar-refractivity contribution is 0.714. The molecule has 0 aliphatic rings. The van der Waals surface area contributed by atoms with Gasteiger partial charge in [0.25, 0.3) is 5.56 Å². The predicted molar refractivity (Wildman–Crippen MR) is 121 cm³/mol. The van der Waals surface area contributed by atoms with Crippen LogP contribution in [-0.4, -0.2) is 13.7 Å². The van der Waals surface area contributed by atoms with Gasteiger partial charge in [0.05, 0.1) is 22.3 Å². The Morgan fingerprint density at radius 2 is 1.47 bits per heavy atom. The number of aryl methyl sites for hydroxylation is 1. The molecule has 6 nitrogen and oxygen atoms in total. The van der Waals surface area contributed by atoms with Crippen LogP contribution in [0, 0.1) is 0 Å². The number of anilines is 1. The number of nitrogen functional groups attached to an aromatic ring is 1. The van der Waals surface area contributed by atoms with E-state index >= 15 is 0 Å². The third-order valence-corrected chi connectivity index (χ3v) is 5.66. The maximum atomic E-state index is 13.2. The minimum atomic E-state index is -0.360. The highest BCUT2D eigenvalue weighted by atomic mass is 16.2. The molecule has 0 aliphatic heterocycles. The Labute approximate surface area is 172 Å². The highest BCUT2D eigenvalue weighted by Gasteiger charge is 2.21. The molecule has 2 aromatic heterocycles. The van der Waals surface area contributed by atoms with Crippen molar-refractivity contribution in [2.75, 3.05) is 5.73 Å². The first-order valence-corrected chi connectivity index (χ1v) is 9.63. The van der Waals surface area contributed by atoms with Gasteiger partial charge in [-0.1, -0.05) is 54.6 Å². The average molecular weight is 396 g/mol. The van der Waals surface area contributed by atoms with Gasteiger partial charge in [0.2, 0.25) is 0 Å². The second kappa shape index (κ2) is 6.49. The van der Waals surface area contributed by atoms with Crippen molar-refractivity contribution < 1.29 is 0 Å². The van der Waals surface area contributed by atoms with Crippen molar-refractivity contribution in [2.45, 2.75) is 0 Å². The summed E-state index contributed by atoms with van der Waals surface area (Å²) in [6.45, 7) is 0. The summed E-state index contributed by atoms with van der Waals surface area (Å²) in [6, 6.07) is 21.5. The summed E-state index contributed by atoms with van der Waals surface area (Å²) in [5.74, 6) is 0. The van der Waals surface area contributed by atoms with Crippen LogP contribution in [0.4, 0.5) is 5.69 Å². The molecule has 0 fully saturated rings. The average Bonchev–Trinajstić information content (AvgIpc) is 3.17. The largest absolute Gasteiger partial charge is 0.398 e. The smallest absolute Gasteiger partial charge is 0.330 e. The van der Waals surface area contributed by atoms with Crippen LogP contribution in [0.2, 0.25) is 0 Å². The number of fused-ring (bicyclic) bond motifs is 2. The van der Waals surface area contributed by atoms with Gasteiger partial charge in [0.1, 0.15) is 0 Å². The van der Waals surface area contributed by atoms with E-state index in [-0.39, 0.29) is 11.2 Å². The van der Waals surface area contributed by atoms with Crippen molar-refractivity contribution in [3.63, 3.8) is 0 Å². The molecule has 0 unspecified atom stereocenters. The fourth-order valence-corrected chi connectivity index (χ4v) is 4.16. The zero-order valence-electron chi connectivity index (χ0n) is 16.7. The molecule has 148 valence electrons. The number of nitrogens with zero attached hydrogens (tertiary/aromatic N) is 3. The van der Waals surface area contributed by atoms with Gasteiger partial charge in [0, 0.05) is 31.4 Å². The van der Waals surface area contributed by atoms with Crippen LogP contribution >= 0.6 is 0 Å². The Balaban J connectivity index is 2.03. The van der Waals surface area contributed by atoms with E-state index in [0.29, 0.717) is 16.6 Å². The van der Waals surface area contributed by atoms with Gasteiger partial charge in [0.15, 0.2) is 0 Å². The molecule has 0 amide bonds. The van der Waals surface area contributed by atoms with E-state index in [1.165, 1.54) is 11.6 Å². The Morgan fingerprint density at radius 1 is 0.767 bits per heavy atom. The van der Waals surface area contributed by atoms with Crippen molar-refractivity contribution in [3.8, 4) is 16.9 Å². The van der Waals surface area contributed by atoms with Crippen molar-refractivity contribution in [1.82, 2.24) is 13.7 Å². The monoisotopic (exact) mass is 396 g/mol. The lowest BCUT2D eigenvalue weighted by Crippen LogP contribution is -2.36. The van der Waals surface area contributed by atoms with Gasteiger partial charge in [-0.15, -0.1) is 0 Å². The Hall–Kier alpha value is -4.06. The van der Waals surface area contributed by atoms with E-state index in [2.05, 4.69) is 0 Å². The van der Waals surface area contributed by atoms with Crippen molar-refractivity contribution in [3.05, 3.63) is 93.8 Å². The standard InChI is InChI=1S/C24H20N4O2/c1-26-19-14-28(18-13-7-11-15-10-6-12-17(25)20(15)18)22(16-8-4-3-5-9-16)21(19)23(29)27(2)24(26)30/h3-14H,25H2,1-2H3. The van der Waals surface area contributed by atoms with E-state index in [0.717, 1.165) is 32.3 Å².